The van der Waals surface area contributed by atoms with Crippen molar-refractivity contribution in [1.82, 2.24) is 29.9 Å². The van der Waals surface area contributed by atoms with Gasteiger partial charge >= 0.3 is 7.12 Å². The van der Waals surface area contributed by atoms with Crippen LogP contribution in [-0.2, 0) is 0 Å². The molecule has 18 rings (SSSR count). The maximum atomic E-state index is 8.96. The van der Waals surface area contributed by atoms with Gasteiger partial charge in [-0.15, -0.1) is 0 Å². The van der Waals surface area contributed by atoms with E-state index in [1.165, 1.54) is 0 Å². The zero-order chi connectivity index (χ0) is 72.2. The van der Waals surface area contributed by atoms with Crippen molar-refractivity contribution < 1.29 is 23.0 Å². The van der Waals surface area contributed by atoms with Gasteiger partial charge in [0.25, 0.3) is 0 Å². The third-order valence-electron chi connectivity index (χ3n) is 17.7. The van der Waals surface area contributed by atoms with Gasteiger partial charge < -0.3 is 18.9 Å². The predicted molar refractivity (Wildman–Crippen MR) is 420 cm³/mol. The smallest absolute Gasteiger partial charge is 0.455 e. The highest BCUT2D eigenvalue weighted by atomic mass is 35.5. The molecule has 490 valence electrons. The van der Waals surface area contributed by atoms with Crippen molar-refractivity contribution in [3.63, 3.8) is 0 Å². The number of hydrogen-bond acceptors (Lipinski definition) is 10. The summed E-state index contributed by atoms with van der Waals surface area (Å²) in [7, 11) is -1.44. The molecule has 0 fully saturated rings. The van der Waals surface area contributed by atoms with E-state index in [2.05, 4.69) is 66.7 Å². The summed E-state index contributed by atoms with van der Waals surface area (Å²) in [6.45, 7) is 0. The van der Waals surface area contributed by atoms with Crippen LogP contribution in [0.4, 0.5) is 0 Å². The summed E-state index contributed by atoms with van der Waals surface area (Å²) in [6, 6.07) is 107. The Morgan fingerprint density at radius 3 is 0.990 bits per heavy atom. The number of halogens is 2. The van der Waals surface area contributed by atoms with E-state index < -0.39 is 7.12 Å². The van der Waals surface area contributed by atoms with Crippen LogP contribution in [0, 0.1) is 0 Å². The zero-order valence-corrected chi connectivity index (χ0v) is 56.4. The molecule has 0 aliphatic rings. The van der Waals surface area contributed by atoms with Gasteiger partial charge in [-0.3, -0.25) is 0 Å². The normalized spacial score (nSPS) is 11.5. The number of rotatable bonds is 12. The lowest BCUT2D eigenvalue weighted by molar-refractivity contribution is 0.426. The first-order valence-electron chi connectivity index (χ1n) is 34.8. The van der Waals surface area contributed by atoms with Gasteiger partial charge in [0.05, 0.1) is 9.13 Å². The van der Waals surface area contributed by atoms with Crippen LogP contribution in [0.15, 0.2) is 355 Å². The Balaban J connectivity index is 0.000000146. The molecule has 0 saturated heterocycles. The Morgan fingerprint density at radius 1 is 0.272 bits per heavy atom. The number of nitrogens with zero attached hydrogens (tertiary/aromatic N) is 6. The summed E-state index contributed by atoms with van der Waals surface area (Å²) in [5, 5.41) is 22.5. The number of furan rings is 2. The molecular formula is C90H59BCl2N6O4. The van der Waals surface area contributed by atoms with E-state index in [4.69, 9.17) is 76.1 Å². The van der Waals surface area contributed by atoms with E-state index in [1.807, 2.05) is 224 Å². The first kappa shape index (κ1) is 61.4. The van der Waals surface area contributed by atoms with Gasteiger partial charge in [0, 0.05) is 65.5 Å². The molecule has 2 N–H and O–H groups in total. The molecule has 103 heavy (non-hydrogen) atoms. The molecule has 0 saturated carbocycles. The minimum atomic E-state index is -1.44. The second kappa shape index (κ2) is 29.2. The molecule has 0 radical (unpaired) electrons. The molecule has 0 unspecified atom stereocenters. The van der Waals surface area contributed by atoms with Gasteiger partial charge in [0.15, 0.2) is 40.5 Å². The molecule has 0 spiro atoms. The number of benzene rings is 14. The van der Waals surface area contributed by atoms with Crippen LogP contribution in [0.5, 0.6) is 0 Å². The minimum absolute atomic E-state index is 0.450. The largest absolute Gasteiger partial charge is 0.488 e. The zero-order valence-electron chi connectivity index (χ0n) is 57.9. The minimum Gasteiger partial charge on any atom is -0.455 e. The summed E-state index contributed by atoms with van der Waals surface area (Å²) in [5.74, 6) is 3.48. The molecular weight excluding hydrogens is 1310 g/mol. The van der Waals surface area contributed by atoms with E-state index in [1.54, 1.807) is 36.4 Å². The fourth-order valence-electron chi connectivity index (χ4n) is 12.6. The van der Waals surface area contributed by atoms with E-state index in [9.17, 15) is 0 Å². The Hall–Kier alpha value is -12.7. The van der Waals surface area contributed by atoms with Crippen molar-refractivity contribution in [1.29, 1.82) is 0 Å². The molecule has 14 aromatic carbocycles. The highest BCUT2D eigenvalue weighted by Gasteiger charge is 2.23. The third kappa shape index (κ3) is 13.9. The van der Waals surface area contributed by atoms with Crippen LogP contribution in [0.1, 0.15) is 4.11 Å². The third-order valence-corrected chi connectivity index (χ3v) is 18.2. The van der Waals surface area contributed by atoms with Crippen LogP contribution in [0.25, 0.3) is 168 Å². The lowest BCUT2D eigenvalue weighted by atomic mass is 9.80. The topological polar surface area (TPSA) is 144 Å². The van der Waals surface area contributed by atoms with Gasteiger partial charge in [-0.1, -0.05) is 333 Å². The summed E-state index contributed by atoms with van der Waals surface area (Å²) in [6.07, 6.45) is 0. The summed E-state index contributed by atoms with van der Waals surface area (Å²) >= 11 is 12.7. The van der Waals surface area contributed by atoms with Crippen LogP contribution in [0.3, 0.4) is 0 Å². The maximum Gasteiger partial charge on any atom is 0.488 e. The molecule has 0 aliphatic heterocycles. The van der Waals surface area contributed by atoms with Crippen molar-refractivity contribution in [2.24, 2.45) is 0 Å². The van der Waals surface area contributed by atoms with E-state index in [-0.39, 0.29) is 0 Å². The second-order valence-corrected chi connectivity index (χ2v) is 25.1. The quantitative estimate of drug-likeness (QED) is 0.113. The van der Waals surface area contributed by atoms with E-state index in [0.717, 1.165) is 122 Å². The van der Waals surface area contributed by atoms with Crippen molar-refractivity contribution in [3.8, 4) is 124 Å². The standard InChI is InChI=1S/C51H33N3O.C27H15Cl2N3O.C12H11BO2/c1-5-14-34(15-6-1)36-24-26-38(27-25-36)42-32-44(39-30-28-37(29-31-39)35-16-7-2-8-17-35)48-45(33-42)47-43(22-13-23-46(47)55-48)51-53-49(40-18-9-3-10-19-40)52-50(54-51)41-20-11-4-12-21-41;28-18-14-20-23-19(12-7-13-22(23)33-24(20)21(29)15-18)27-31-25(16-8-3-1-4-9-16)30-26(32-27)17-10-5-2-6-11-17;14-13(15)12-8-6-11(7-9-12)10-4-2-1-3-5-10/h1-33H;1-15H;1-9,14-15H/i14D,16D;;4D. The Morgan fingerprint density at radius 2 is 0.602 bits per heavy atom. The Bertz CT molecular complexity index is 6130. The fourth-order valence-corrected chi connectivity index (χ4v) is 13.2. The van der Waals surface area contributed by atoms with Crippen molar-refractivity contribution in [2.75, 3.05) is 0 Å². The number of aromatic nitrogens is 6. The monoisotopic (exact) mass is 1370 g/mol. The van der Waals surface area contributed by atoms with Crippen LogP contribution in [-0.4, -0.2) is 47.1 Å². The maximum absolute atomic E-state index is 8.96. The fraction of sp³-hybridized carbons (Fsp3) is 0. The molecule has 4 aromatic heterocycles. The molecule has 0 aliphatic carbocycles. The van der Waals surface area contributed by atoms with Crippen LogP contribution in [0.2, 0.25) is 10.0 Å². The number of fused-ring (bicyclic) bond motifs is 6. The van der Waals surface area contributed by atoms with Crippen molar-refractivity contribution in [2.45, 2.75) is 0 Å². The average Bonchev–Trinajstić information content (AvgIpc) is 1.58. The average molecular weight is 1370 g/mol. The van der Waals surface area contributed by atoms with Gasteiger partial charge in [0.2, 0.25) is 0 Å². The first-order valence-corrected chi connectivity index (χ1v) is 34.1. The molecule has 10 nitrogen and oxygen atoms in total. The highest BCUT2D eigenvalue weighted by molar-refractivity contribution is 6.58. The van der Waals surface area contributed by atoms with Crippen LogP contribution < -0.4 is 5.46 Å². The van der Waals surface area contributed by atoms with E-state index >= 15 is 0 Å². The van der Waals surface area contributed by atoms with Gasteiger partial charge in [-0.25, -0.2) is 29.9 Å². The molecule has 18 aromatic rings. The molecule has 4 heterocycles. The predicted octanol–water partition coefficient (Wildman–Crippen LogP) is 22.6. The molecule has 0 atom stereocenters. The molecule has 0 bridgehead atoms. The second-order valence-electron chi connectivity index (χ2n) is 24.3. The van der Waals surface area contributed by atoms with Gasteiger partial charge in [-0.2, -0.15) is 0 Å². The van der Waals surface area contributed by atoms with Crippen molar-refractivity contribution in [3.05, 3.63) is 356 Å². The summed E-state index contributed by atoms with van der Waals surface area (Å²) in [5.41, 5.74) is 18.0. The summed E-state index contributed by atoms with van der Waals surface area (Å²) in [4.78, 5) is 29.6. The SMILES string of the molecule is Clc1cc(Cl)c2oc3cccc(-c4nc(-c5ccccc5)nc(-c5ccccc5)n4)c3c2c1.[2H]c1ccccc1-c1ccc(-c2cc(-c3ccc(-c4ccccc4[2H])cc3)c3oc4cccc(-c5nc(-c6ccccc6)nc(-c6ccccc6)n5)c4c3c2)cc1.[2H]c1ccccc1-c1ccc(B(O)O)cc1. The van der Waals surface area contributed by atoms with E-state index in [0.29, 0.717) is 79.7 Å². The molecule has 0 amide bonds. The van der Waals surface area contributed by atoms with Crippen molar-refractivity contribution >= 4 is 79.7 Å². The highest BCUT2D eigenvalue weighted by Crippen LogP contribution is 2.45. The van der Waals surface area contributed by atoms with Gasteiger partial charge in [0.1, 0.15) is 16.7 Å². The van der Waals surface area contributed by atoms with Crippen LogP contribution >= 0.6 is 23.2 Å². The summed E-state index contributed by atoms with van der Waals surface area (Å²) < 4.78 is 37.6. The lowest BCUT2D eigenvalue weighted by Gasteiger charge is -2.11. The number of hydrogen-bond donors (Lipinski definition) is 2. The molecule has 13 heteroatoms. The Labute approximate surface area is 608 Å². The van der Waals surface area contributed by atoms with Gasteiger partial charge in [-0.05, 0) is 91.9 Å². The first-order chi connectivity index (χ1) is 51.9. The Kier molecular flexibility index (Phi) is 17.4. The lowest BCUT2D eigenvalue weighted by Crippen LogP contribution is -2.29.